The zero-order valence-electron chi connectivity index (χ0n) is 43.9. The van der Waals surface area contributed by atoms with E-state index in [1.54, 1.807) is 0 Å². The average Bonchev–Trinajstić information content (AvgIpc) is 2.85. The molecule has 4 saturated heterocycles. The minimum Gasteiger partial charge on any atom is -0.387 e. The van der Waals surface area contributed by atoms with E-state index in [9.17, 15) is 77.8 Å². The molecule has 0 amide bonds. The van der Waals surface area contributed by atoms with Crippen molar-refractivity contribution in [3.63, 3.8) is 0 Å². The topological polar surface area (TPSA) is 662 Å². The summed E-state index contributed by atoms with van der Waals surface area (Å²) in [5.74, 6) is -0.960. The molecule has 49 heteroatoms. The van der Waals surface area contributed by atoms with E-state index < -0.39 is 185 Å². The molecule has 4 aliphatic heterocycles. The zero-order chi connectivity index (χ0) is 63.1. The first-order valence-electron chi connectivity index (χ1n) is 25.1. The van der Waals surface area contributed by atoms with Crippen molar-refractivity contribution in [1.82, 2.24) is 68.1 Å². The molecule has 20 atom stereocenters. The van der Waals surface area contributed by atoms with Gasteiger partial charge in [-0.25, -0.2) is 57.8 Å². The number of ether oxygens (including phenoxy) is 4. The number of phosphoric acid groups is 3. The number of aliphatic hydroxyl groups is 5. The highest BCUT2D eigenvalue weighted by Crippen LogP contribution is 2.54. The molecule has 4 aliphatic rings. The van der Waals surface area contributed by atoms with Gasteiger partial charge in [0.15, 0.2) is 59.0 Å². The number of aliphatic hydroxyl groups excluding tert-OH is 5. The third-order valence-corrected chi connectivity index (χ3v) is 17.2. The number of phosphoric ester groups is 3. The van der Waals surface area contributed by atoms with Gasteiger partial charge in [-0.05, 0) is 6.07 Å². The van der Waals surface area contributed by atoms with Gasteiger partial charge in [0.05, 0.1) is 32.5 Å². The molecule has 4 unspecified atom stereocenters. The van der Waals surface area contributed by atoms with E-state index in [1.807, 2.05) is 0 Å². The van der Waals surface area contributed by atoms with Crippen molar-refractivity contribution in [2.75, 3.05) is 49.4 Å². The van der Waals surface area contributed by atoms with Crippen molar-refractivity contribution in [2.45, 2.75) is 98.2 Å². The van der Waals surface area contributed by atoms with E-state index in [0.29, 0.717) is 9.13 Å². The minimum absolute atomic E-state index is 0.00560. The van der Waals surface area contributed by atoms with Crippen molar-refractivity contribution in [3.8, 4) is 0 Å². The highest BCUT2D eigenvalue weighted by molar-refractivity contribution is 7.48. The minimum atomic E-state index is -5.77. The van der Waals surface area contributed by atoms with Crippen molar-refractivity contribution in [3.05, 3.63) is 68.9 Å². The van der Waals surface area contributed by atoms with Crippen molar-refractivity contribution in [2.24, 2.45) is 0 Å². The summed E-state index contributed by atoms with van der Waals surface area (Å²) < 4.78 is 116. The number of anilines is 4. The van der Waals surface area contributed by atoms with Crippen LogP contribution in [0.15, 0.2) is 52.0 Å². The number of hydrogen-bond acceptors (Lipinski definition) is 35. The number of H-pyrrole nitrogens is 2. The second-order valence-electron chi connectivity index (χ2n) is 19.4. The molecule has 7 aromatic rings. The van der Waals surface area contributed by atoms with Crippen LogP contribution >= 0.6 is 31.7 Å². The molecule has 476 valence electrons. The fourth-order valence-electron chi connectivity index (χ4n) is 9.91. The lowest BCUT2D eigenvalue weighted by Gasteiger charge is -2.26. The summed E-state index contributed by atoms with van der Waals surface area (Å²) in [6.45, 7) is -4.48. The Hall–Kier alpha value is -6.68. The number of nitrogens with two attached hydrogens (primary N) is 4. The maximum Gasteiger partial charge on any atom is 0.694 e. The predicted molar refractivity (Wildman–Crippen MR) is 281 cm³/mol. The molecule has 4 fully saturated rings. The van der Waals surface area contributed by atoms with Gasteiger partial charge in [-0.2, -0.15) is 9.97 Å². The van der Waals surface area contributed by atoms with Crippen LogP contribution in [0.2, 0.25) is 0 Å². The van der Waals surface area contributed by atoms with Crippen molar-refractivity contribution < 1.29 is 114 Å². The van der Waals surface area contributed by atoms with Gasteiger partial charge in [0.1, 0.15) is 109 Å². The molecule has 45 nitrogen and oxygen atoms in total. The third kappa shape index (κ3) is 12.4. The van der Waals surface area contributed by atoms with Gasteiger partial charge in [0.25, 0.3) is 5.56 Å². The number of imidazole rings is 3. The molecule has 0 saturated carbocycles. The summed E-state index contributed by atoms with van der Waals surface area (Å²) in [5.41, 5.74) is 19.2. The molecule has 0 spiro atoms. The highest BCUT2D eigenvalue weighted by atomic mass is 31.2. The maximum atomic E-state index is 14.1. The first-order valence-corrected chi connectivity index (χ1v) is 30.7. The van der Waals surface area contributed by atoms with Gasteiger partial charge >= 0.3 is 43.1 Å². The molecular weight excluding hydrogens is 1280 g/mol. The largest absolute Gasteiger partial charge is 0.694 e. The Bertz CT molecular complexity index is 4130. The molecule has 7 aromatic heterocycles. The van der Waals surface area contributed by atoms with E-state index in [2.05, 4.69) is 49.8 Å². The van der Waals surface area contributed by atoms with Crippen LogP contribution in [-0.2, 0) is 68.9 Å². The normalized spacial score (nSPS) is 31.4. The lowest BCUT2D eigenvalue weighted by molar-refractivity contribution is -0.0641. The van der Waals surface area contributed by atoms with Gasteiger partial charge in [-0.1, -0.05) is 0 Å². The van der Waals surface area contributed by atoms with E-state index in [4.69, 9.17) is 73.5 Å². The lowest BCUT2D eigenvalue weighted by Crippen LogP contribution is -2.39. The number of fused-ring (bicyclic) bond motifs is 3. The molecule has 88 heavy (non-hydrogen) atoms. The number of aromatic amines is 2. The summed E-state index contributed by atoms with van der Waals surface area (Å²) in [6, 6.07) is 1.09. The van der Waals surface area contributed by atoms with E-state index in [1.165, 1.54) is 0 Å². The van der Waals surface area contributed by atoms with Crippen LogP contribution < -0.4 is 39.9 Å². The fourth-order valence-corrected chi connectivity index (χ4v) is 13.1. The zero-order valence-corrected chi connectivity index (χ0v) is 47.4. The maximum absolute atomic E-state index is 14.1. The number of rotatable bonds is 22. The van der Waals surface area contributed by atoms with Crippen LogP contribution in [0.5, 0.6) is 0 Å². The van der Waals surface area contributed by atoms with Gasteiger partial charge in [-0.3, -0.25) is 55.6 Å². The van der Waals surface area contributed by atoms with Crippen molar-refractivity contribution in [1.29, 1.82) is 0 Å². The molecule has 11 rings (SSSR count). The molecule has 0 aromatic carbocycles. The molecule has 0 radical (unpaired) electrons. The first kappa shape index (κ1) is 62.9. The number of hydrogen-bond donors (Lipinski definition) is 15. The van der Waals surface area contributed by atoms with Gasteiger partial charge in [0, 0.05) is 10.8 Å². The first-order chi connectivity index (χ1) is 41.6. The highest BCUT2D eigenvalue weighted by Gasteiger charge is 2.55. The Morgan fingerprint density at radius 1 is 0.568 bits per heavy atom. The second-order valence-corrected chi connectivity index (χ2v) is 24.4. The number of nitrogen functional groups attached to an aromatic ring is 4. The standard InChI is InChI=1S/C39H48N18O27P4/c40-15-1-2-54(38(64)50-15)33-21(60)25(13(80-33)5-76-87(70,71)82-24-12(3-74-85(66)67)79-34(22(24)61)55-9-48-16-27(41)44-7-46-29(16)55)83-88(72,73)77-6-14-26(23(62)35(81-14)56-10-49-17-28(42)45-8-47-30(17)56)84-86(68,69)75-4-11-19(58)20(59)36(78-11)57-31-18(51-39(57)65)32(63)53-37(43)52-31/h1-2,7-14,19-26,33-36,58-62H,3-6H2,(H13-,40,41,42,43,44,45,46,47,50,51,52,53,63,64,65,66,67,68,69,70,71,72,73)/p+1/t11-,12-,13-,14-,19-,20-,21-,22-,23-,24-,25-,26-,33-,34-,35-,36-/m1/s1. The molecular formula is C39H49N18O27P4+. The van der Waals surface area contributed by atoms with Crippen LogP contribution in [0.3, 0.4) is 0 Å². The van der Waals surface area contributed by atoms with E-state index in [0.717, 1.165) is 46.7 Å². The Labute approximate surface area is 486 Å². The van der Waals surface area contributed by atoms with Gasteiger partial charge in [0.2, 0.25) is 5.95 Å². The van der Waals surface area contributed by atoms with E-state index >= 15 is 0 Å². The van der Waals surface area contributed by atoms with Gasteiger partial charge < -0.3 is 82.1 Å². The number of nitrogens with one attached hydrogen (secondary N) is 2. The smallest absolute Gasteiger partial charge is 0.387 e. The molecule has 11 heterocycles. The second kappa shape index (κ2) is 24.3. The van der Waals surface area contributed by atoms with Crippen LogP contribution in [0.1, 0.15) is 24.9 Å². The van der Waals surface area contributed by atoms with Gasteiger partial charge in [-0.15, -0.1) is 9.42 Å². The fraction of sp³-hybridized carbons (Fsp3) is 0.513. The quantitative estimate of drug-likeness (QED) is 0.0281. The average molecular weight is 1330 g/mol. The van der Waals surface area contributed by atoms with Crippen LogP contribution in [0.4, 0.5) is 23.4 Å². The number of nitrogens with zero attached hydrogens (tertiary/aromatic N) is 12. The van der Waals surface area contributed by atoms with Crippen LogP contribution in [0, 0.1) is 0 Å². The summed E-state index contributed by atoms with van der Waals surface area (Å²) in [6.07, 6.45) is -25.7. The number of aromatic nitrogens is 14. The SMILES string of the molecule is Nc1ccn([C@@H]2O[C@H](COP(=O)(O)O[C@H]3[C@@H](O)[C@H](n4cnc5c(N)ncnc54)O[C@@H]3CO[P+](=O)O)[C@@H](OP(=O)(O)OC[C@H]3O[C@@H](n4cnc5c(N)ncnc54)[C@H](O)[C@@H]3OP(=O)(O)OC[C@H]3O[C@@H](n4c(=O)[nH]c5c(=O)[nH]c(N)nc54)[C@H](O)[C@@H]3O)[C@H]2O)c(=O)n1. The van der Waals surface area contributed by atoms with E-state index in [-0.39, 0.29) is 45.3 Å². The van der Waals surface area contributed by atoms with Crippen LogP contribution in [-0.4, -0.2) is 213 Å². The Kier molecular flexibility index (Phi) is 17.3. The Balaban J connectivity index is 0.809. The molecule has 19 N–H and O–H groups in total. The summed E-state index contributed by atoms with van der Waals surface area (Å²) in [5, 5.41) is 56.7. The molecule has 0 aliphatic carbocycles. The predicted octanol–water partition coefficient (Wildman–Crippen LogP) is -5.75. The summed E-state index contributed by atoms with van der Waals surface area (Å²) in [4.78, 5) is 117. The summed E-state index contributed by atoms with van der Waals surface area (Å²) in [7, 11) is -20.3. The van der Waals surface area contributed by atoms with Crippen LogP contribution in [0.25, 0.3) is 33.5 Å². The Morgan fingerprint density at radius 3 is 1.50 bits per heavy atom. The monoisotopic (exact) mass is 1330 g/mol. The molecule has 0 bridgehead atoms. The third-order valence-electron chi connectivity index (χ3n) is 13.9. The Morgan fingerprint density at radius 2 is 1.02 bits per heavy atom. The summed E-state index contributed by atoms with van der Waals surface area (Å²) >= 11 is 0. The lowest BCUT2D eigenvalue weighted by atomic mass is 10.1. The van der Waals surface area contributed by atoms with Crippen molar-refractivity contribution >= 4 is 88.6 Å².